The normalized spacial score (nSPS) is 11.3. The number of hydrogen-bond donors (Lipinski definition) is 2. The molecule has 0 heterocycles. The van der Waals surface area contributed by atoms with E-state index in [0.717, 1.165) is 7.11 Å². The van der Waals surface area contributed by atoms with E-state index in [1.165, 1.54) is 42.5 Å². The molecule has 1 amide bonds. The lowest BCUT2D eigenvalue weighted by Gasteiger charge is -2.15. The molecule has 3 rings (SSSR count). The summed E-state index contributed by atoms with van der Waals surface area (Å²) >= 11 is 6.71. The van der Waals surface area contributed by atoms with Crippen molar-refractivity contribution in [2.45, 2.75) is 24.7 Å². The maximum atomic E-state index is 12.8. The van der Waals surface area contributed by atoms with Gasteiger partial charge in [-0.05, 0) is 80.2 Å². The summed E-state index contributed by atoms with van der Waals surface area (Å²) in [5, 5.41) is 10.0. The molecule has 8 nitrogen and oxygen atoms in total. The Labute approximate surface area is 219 Å². The number of benzene rings is 3. The van der Waals surface area contributed by atoms with Crippen LogP contribution in [-0.4, -0.2) is 32.5 Å². The molecule has 0 aromatic heterocycles. The molecule has 0 aliphatic heterocycles. The minimum absolute atomic E-state index is 0.0174. The average molecular weight is 627 g/mol. The van der Waals surface area contributed by atoms with Gasteiger partial charge in [0.2, 0.25) is 0 Å². The number of sulfonamides is 1. The highest BCUT2D eigenvalue weighted by atomic mass is 79.9. The summed E-state index contributed by atoms with van der Waals surface area (Å²) in [4.78, 5) is 24.4. The highest BCUT2D eigenvalue weighted by molar-refractivity contribution is 9.11. The quantitative estimate of drug-likeness (QED) is 0.321. The van der Waals surface area contributed by atoms with Gasteiger partial charge in [0.25, 0.3) is 15.9 Å². The molecule has 0 radical (unpaired) electrons. The van der Waals surface area contributed by atoms with Crippen molar-refractivity contribution >= 4 is 53.8 Å². The molecule has 0 saturated carbocycles. The lowest BCUT2D eigenvalue weighted by Crippen LogP contribution is -2.31. The highest BCUT2D eigenvalue weighted by Crippen LogP contribution is 2.39. The maximum Gasteiger partial charge on any atom is 0.339 e. The van der Waals surface area contributed by atoms with Gasteiger partial charge in [-0.3, -0.25) is 4.79 Å². The second kappa shape index (κ2) is 10.8. The van der Waals surface area contributed by atoms with E-state index < -0.39 is 21.9 Å². The number of methoxy groups -OCH3 is 1. The topological polar surface area (TPSA) is 119 Å². The van der Waals surface area contributed by atoms with Gasteiger partial charge in [-0.2, -0.15) is 0 Å². The monoisotopic (exact) mass is 625 g/mol. The zero-order chi connectivity index (χ0) is 25.9. The predicted octanol–water partition coefficient (Wildman–Crippen LogP) is 5.74. The van der Waals surface area contributed by atoms with Crippen LogP contribution in [0, 0.1) is 0 Å². The second-order valence-corrected chi connectivity index (χ2v) is 11.0. The van der Waals surface area contributed by atoms with Crippen molar-refractivity contribution in [3.8, 4) is 17.2 Å². The number of aromatic hydroxyl groups is 1. The van der Waals surface area contributed by atoms with Gasteiger partial charge in [-0.25, -0.2) is 17.9 Å². The van der Waals surface area contributed by atoms with Crippen molar-refractivity contribution in [2.75, 3.05) is 7.11 Å². The molecular formula is C24H21Br2NO7S. The Balaban J connectivity index is 1.88. The molecular weight excluding hydrogens is 606 g/mol. The van der Waals surface area contributed by atoms with E-state index in [2.05, 4.69) is 36.6 Å². The molecule has 0 bridgehead atoms. The minimum atomic E-state index is -4.38. The van der Waals surface area contributed by atoms with E-state index in [1.807, 2.05) is 18.6 Å². The van der Waals surface area contributed by atoms with Crippen LogP contribution in [-0.2, 0) is 14.8 Å². The van der Waals surface area contributed by atoms with Crippen molar-refractivity contribution in [3.63, 3.8) is 0 Å². The lowest BCUT2D eigenvalue weighted by atomic mass is 10.0. The summed E-state index contributed by atoms with van der Waals surface area (Å²) in [5.74, 6) is -0.715. The molecule has 0 aliphatic carbocycles. The number of phenolic OH excluding ortho intramolecular Hbond substituents is 1. The van der Waals surface area contributed by atoms with Crippen LogP contribution in [0.5, 0.6) is 17.2 Å². The fourth-order valence-corrected chi connectivity index (χ4v) is 5.70. The van der Waals surface area contributed by atoms with Crippen molar-refractivity contribution in [1.82, 2.24) is 4.72 Å². The Hall–Kier alpha value is -2.89. The number of esters is 1. The summed E-state index contributed by atoms with van der Waals surface area (Å²) in [7, 11) is -3.25. The van der Waals surface area contributed by atoms with Crippen LogP contribution in [0.4, 0.5) is 0 Å². The molecule has 184 valence electrons. The first-order chi connectivity index (χ1) is 16.4. The fraction of sp³-hybridized carbons (Fsp3) is 0.167. The summed E-state index contributed by atoms with van der Waals surface area (Å²) in [6.45, 7) is 3.88. The molecule has 0 fully saturated rings. The van der Waals surface area contributed by atoms with Gasteiger partial charge < -0.3 is 14.6 Å². The third-order valence-electron chi connectivity index (χ3n) is 4.91. The number of phenols is 1. The first-order valence-corrected chi connectivity index (χ1v) is 13.3. The second-order valence-electron chi connectivity index (χ2n) is 7.67. The Bertz CT molecular complexity index is 1380. The first kappa shape index (κ1) is 26.7. The Morgan fingerprint density at radius 1 is 1.00 bits per heavy atom. The lowest BCUT2D eigenvalue weighted by molar-refractivity contribution is 0.0596. The van der Waals surface area contributed by atoms with Crippen LogP contribution >= 0.6 is 31.9 Å². The number of halogens is 2. The molecule has 0 aliphatic rings. The van der Waals surface area contributed by atoms with E-state index in [4.69, 9.17) is 4.74 Å². The van der Waals surface area contributed by atoms with Gasteiger partial charge in [0.15, 0.2) is 5.75 Å². The SMILES string of the molecule is COC(=O)c1ccccc1S(=O)(=O)NC(=O)c1cc(Br)c(Oc2ccc(O)c(C(C)C)c2)c(Br)c1. The van der Waals surface area contributed by atoms with Gasteiger partial charge in [0.1, 0.15) is 16.4 Å². The first-order valence-electron chi connectivity index (χ1n) is 10.2. The number of carbonyl (C=O) groups is 2. The van der Waals surface area contributed by atoms with Gasteiger partial charge in [-0.1, -0.05) is 26.0 Å². The molecule has 11 heteroatoms. The number of amides is 1. The summed E-state index contributed by atoms with van der Waals surface area (Å²) in [6.07, 6.45) is 0. The van der Waals surface area contributed by atoms with Crippen molar-refractivity contribution in [2.24, 2.45) is 0 Å². The number of nitrogens with one attached hydrogen (secondary N) is 1. The van der Waals surface area contributed by atoms with Crippen molar-refractivity contribution < 1.29 is 32.6 Å². The van der Waals surface area contributed by atoms with Gasteiger partial charge >= 0.3 is 5.97 Å². The number of ether oxygens (including phenoxy) is 2. The third-order valence-corrected chi connectivity index (χ3v) is 7.48. The van der Waals surface area contributed by atoms with Crippen molar-refractivity contribution in [3.05, 3.63) is 80.2 Å². The average Bonchev–Trinajstić information content (AvgIpc) is 2.81. The van der Waals surface area contributed by atoms with E-state index >= 15 is 0 Å². The van der Waals surface area contributed by atoms with Crippen LogP contribution in [0.2, 0.25) is 0 Å². The Morgan fingerprint density at radius 3 is 2.23 bits per heavy atom. The molecule has 35 heavy (non-hydrogen) atoms. The van der Waals surface area contributed by atoms with Crippen LogP contribution in [0.15, 0.2) is 68.4 Å². The summed E-state index contributed by atoms with van der Waals surface area (Å²) in [5.41, 5.74) is 0.531. The number of hydrogen-bond acceptors (Lipinski definition) is 7. The van der Waals surface area contributed by atoms with E-state index in [1.54, 1.807) is 12.1 Å². The molecule has 0 spiro atoms. The largest absolute Gasteiger partial charge is 0.508 e. The highest BCUT2D eigenvalue weighted by Gasteiger charge is 2.26. The molecule has 0 saturated heterocycles. The summed E-state index contributed by atoms with van der Waals surface area (Å²) < 4.78 is 39.0. The third kappa shape index (κ3) is 6.03. The summed E-state index contributed by atoms with van der Waals surface area (Å²) in [6, 6.07) is 13.1. The van der Waals surface area contributed by atoms with Crippen LogP contribution in [0.3, 0.4) is 0 Å². The maximum absolute atomic E-state index is 12.8. The number of rotatable bonds is 7. The van der Waals surface area contributed by atoms with Crippen LogP contribution < -0.4 is 9.46 Å². The predicted molar refractivity (Wildman–Crippen MR) is 137 cm³/mol. The van der Waals surface area contributed by atoms with E-state index in [9.17, 15) is 23.1 Å². The fourth-order valence-electron chi connectivity index (χ4n) is 3.18. The van der Waals surface area contributed by atoms with Crippen LogP contribution in [0.25, 0.3) is 0 Å². The minimum Gasteiger partial charge on any atom is -0.508 e. The standard InChI is InChI=1S/C24H21Br2NO7S/c1-13(2)17-12-15(8-9-20(17)28)34-22-18(25)10-14(11-19(22)26)23(29)27-35(31,32)21-7-5-4-6-16(21)24(30)33-3/h4-13,28H,1-3H3,(H,27,29). The van der Waals surface area contributed by atoms with E-state index in [0.29, 0.717) is 26.0 Å². The Morgan fingerprint density at radius 2 is 1.63 bits per heavy atom. The Kier molecular flexibility index (Phi) is 8.24. The zero-order valence-electron chi connectivity index (χ0n) is 18.8. The number of carbonyl (C=O) groups excluding carboxylic acids is 2. The molecule has 3 aromatic rings. The van der Waals surface area contributed by atoms with Crippen molar-refractivity contribution in [1.29, 1.82) is 0 Å². The molecule has 3 aromatic carbocycles. The molecule has 2 N–H and O–H groups in total. The zero-order valence-corrected chi connectivity index (χ0v) is 22.8. The van der Waals surface area contributed by atoms with Gasteiger partial charge in [0.05, 0.1) is 21.6 Å². The van der Waals surface area contributed by atoms with Crippen LogP contribution in [0.1, 0.15) is 46.0 Å². The molecule has 0 atom stereocenters. The van der Waals surface area contributed by atoms with Gasteiger partial charge in [-0.15, -0.1) is 0 Å². The smallest absolute Gasteiger partial charge is 0.339 e. The van der Waals surface area contributed by atoms with E-state index in [-0.39, 0.29) is 27.7 Å². The van der Waals surface area contributed by atoms with Gasteiger partial charge in [0, 0.05) is 11.1 Å². The molecule has 0 unspecified atom stereocenters.